The van der Waals surface area contributed by atoms with Crippen LogP contribution in [0.4, 0.5) is 0 Å². The van der Waals surface area contributed by atoms with Gasteiger partial charge in [-0.1, -0.05) is 30.3 Å². The fraction of sp³-hybridized carbons (Fsp3) is 0.357. The lowest BCUT2D eigenvalue weighted by molar-refractivity contribution is 0.629. The van der Waals surface area contributed by atoms with Gasteiger partial charge in [0.25, 0.3) is 0 Å². The van der Waals surface area contributed by atoms with Crippen LogP contribution >= 0.6 is 0 Å². The van der Waals surface area contributed by atoms with Gasteiger partial charge in [-0.15, -0.1) is 5.73 Å². The lowest BCUT2D eigenvalue weighted by atomic mass is 9.82. The summed E-state index contributed by atoms with van der Waals surface area (Å²) < 4.78 is 0. The number of hydrogen-bond donors (Lipinski definition) is 0. The maximum Gasteiger partial charge on any atom is 0.00964 e. The second-order valence-electron chi connectivity index (χ2n) is 4.07. The van der Waals surface area contributed by atoms with E-state index in [2.05, 4.69) is 43.5 Å². The Labute approximate surface area is 86.0 Å². The van der Waals surface area contributed by atoms with Crippen molar-refractivity contribution >= 4 is 0 Å². The minimum Gasteiger partial charge on any atom is -0.132 e. The van der Waals surface area contributed by atoms with E-state index in [1.807, 2.05) is 0 Å². The summed E-state index contributed by atoms with van der Waals surface area (Å²) in [7, 11) is 0. The summed E-state index contributed by atoms with van der Waals surface area (Å²) in [6.07, 6.45) is 5.88. The van der Waals surface area contributed by atoms with Crippen LogP contribution in [0.1, 0.15) is 35.4 Å². The summed E-state index contributed by atoms with van der Waals surface area (Å²) >= 11 is 0. The highest BCUT2D eigenvalue weighted by Gasteiger charge is 2.17. The van der Waals surface area contributed by atoms with Crippen molar-refractivity contribution in [2.24, 2.45) is 0 Å². The van der Waals surface area contributed by atoms with Crippen molar-refractivity contribution in [2.45, 2.75) is 32.1 Å². The zero-order valence-corrected chi connectivity index (χ0v) is 8.72. The van der Waals surface area contributed by atoms with Crippen LogP contribution in [0, 0.1) is 6.92 Å². The molecule has 1 aromatic rings. The largest absolute Gasteiger partial charge is 0.132 e. The third kappa shape index (κ3) is 1.66. The Morgan fingerprint density at radius 3 is 3.14 bits per heavy atom. The maximum atomic E-state index is 3.66. The lowest BCUT2D eigenvalue weighted by Gasteiger charge is -2.22. The molecular weight excluding hydrogens is 168 g/mol. The Morgan fingerprint density at radius 2 is 2.36 bits per heavy atom. The second kappa shape index (κ2) is 3.86. The van der Waals surface area contributed by atoms with E-state index < -0.39 is 0 Å². The first-order valence-corrected chi connectivity index (χ1v) is 5.26. The average molecular weight is 184 g/mol. The molecule has 0 aromatic heterocycles. The average Bonchev–Trinajstić information content (AvgIpc) is 2.18. The molecule has 72 valence electrons. The monoisotopic (exact) mass is 184 g/mol. The molecule has 2 rings (SSSR count). The van der Waals surface area contributed by atoms with Crippen molar-refractivity contribution in [1.29, 1.82) is 0 Å². The molecule has 0 aliphatic heterocycles. The molecule has 1 unspecified atom stereocenters. The third-order valence-electron chi connectivity index (χ3n) is 2.98. The molecule has 0 heterocycles. The SMILES string of the molecule is C=C=CC1CCCc2cc(C)ccc21. The van der Waals surface area contributed by atoms with Crippen LogP contribution in [0.2, 0.25) is 0 Å². The lowest BCUT2D eigenvalue weighted by Crippen LogP contribution is -2.07. The predicted octanol–water partition coefficient (Wildman–Crippen LogP) is 3.76. The van der Waals surface area contributed by atoms with E-state index in [0.29, 0.717) is 5.92 Å². The third-order valence-corrected chi connectivity index (χ3v) is 2.98. The summed E-state index contributed by atoms with van der Waals surface area (Å²) in [6, 6.07) is 6.79. The molecule has 0 bridgehead atoms. The molecule has 1 aliphatic carbocycles. The number of fused-ring (bicyclic) bond motifs is 1. The number of aryl methyl sites for hydroxylation is 2. The predicted molar refractivity (Wildman–Crippen MR) is 60.6 cm³/mol. The molecule has 1 aromatic carbocycles. The number of benzene rings is 1. The van der Waals surface area contributed by atoms with Gasteiger partial charge in [-0.05, 0) is 43.4 Å². The quantitative estimate of drug-likeness (QED) is 0.583. The van der Waals surface area contributed by atoms with Gasteiger partial charge in [0.05, 0.1) is 0 Å². The molecule has 0 saturated carbocycles. The van der Waals surface area contributed by atoms with Crippen molar-refractivity contribution in [1.82, 2.24) is 0 Å². The summed E-state index contributed by atoms with van der Waals surface area (Å²) in [5.41, 5.74) is 7.29. The molecule has 0 spiro atoms. The van der Waals surface area contributed by atoms with Gasteiger partial charge in [0.1, 0.15) is 0 Å². The summed E-state index contributed by atoms with van der Waals surface area (Å²) in [5, 5.41) is 0. The molecule has 0 amide bonds. The number of rotatable bonds is 1. The van der Waals surface area contributed by atoms with Crippen molar-refractivity contribution < 1.29 is 0 Å². The minimum absolute atomic E-state index is 0.553. The molecule has 0 heteroatoms. The van der Waals surface area contributed by atoms with Crippen LogP contribution in [0.5, 0.6) is 0 Å². The van der Waals surface area contributed by atoms with Gasteiger partial charge in [-0.2, -0.15) is 0 Å². The maximum absolute atomic E-state index is 3.66. The highest BCUT2D eigenvalue weighted by molar-refractivity contribution is 5.37. The Morgan fingerprint density at radius 1 is 1.50 bits per heavy atom. The molecule has 1 aliphatic rings. The van der Waals surface area contributed by atoms with Crippen LogP contribution < -0.4 is 0 Å². The first-order valence-electron chi connectivity index (χ1n) is 5.26. The molecule has 0 nitrogen and oxygen atoms in total. The Kier molecular flexibility index (Phi) is 2.56. The number of allylic oxidation sites excluding steroid dienone is 1. The van der Waals surface area contributed by atoms with Crippen LogP contribution in [0.25, 0.3) is 0 Å². The van der Waals surface area contributed by atoms with E-state index in [-0.39, 0.29) is 0 Å². The Bertz CT molecular complexity index is 381. The second-order valence-corrected chi connectivity index (χ2v) is 4.07. The van der Waals surface area contributed by atoms with Gasteiger partial charge >= 0.3 is 0 Å². The molecule has 0 radical (unpaired) electrons. The zero-order chi connectivity index (χ0) is 9.97. The Balaban J connectivity index is 2.44. The fourth-order valence-corrected chi connectivity index (χ4v) is 2.30. The molecule has 0 saturated heterocycles. The highest BCUT2D eigenvalue weighted by atomic mass is 14.2. The topological polar surface area (TPSA) is 0 Å². The van der Waals surface area contributed by atoms with Crippen LogP contribution in [-0.4, -0.2) is 0 Å². The van der Waals surface area contributed by atoms with Gasteiger partial charge in [0.2, 0.25) is 0 Å². The zero-order valence-electron chi connectivity index (χ0n) is 8.72. The molecule has 1 atom stereocenters. The van der Waals surface area contributed by atoms with Crippen molar-refractivity contribution in [3.63, 3.8) is 0 Å². The molecule has 14 heavy (non-hydrogen) atoms. The van der Waals surface area contributed by atoms with Crippen molar-refractivity contribution in [3.05, 3.63) is 53.3 Å². The first kappa shape index (κ1) is 9.30. The van der Waals surface area contributed by atoms with Crippen molar-refractivity contribution in [2.75, 3.05) is 0 Å². The van der Waals surface area contributed by atoms with E-state index in [9.17, 15) is 0 Å². The first-order chi connectivity index (χ1) is 6.81. The minimum atomic E-state index is 0.553. The van der Waals surface area contributed by atoms with Crippen LogP contribution in [0.3, 0.4) is 0 Å². The summed E-state index contributed by atoms with van der Waals surface area (Å²) in [6.45, 7) is 5.82. The normalized spacial score (nSPS) is 19.6. The van der Waals surface area contributed by atoms with E-state index in [1.54, 1.807) is 0 Å². The van der Waals surface area contributed by atoms with E-state index in [1.165, 1.54) is 36.0 Å². The van der Waals surface area contributed by atoms with Gasteiger partial charge in [-0.3, -0.25) is 0 Å². The summed E-state index contributed by atoms with van der Waals surface area (Å²) in [4.78, 5) is 0. The van der Waals surface area contributed by atoms with Gasteiger partial charge in [0, 0.05) is 5.92 Å². The Hall–Kier alpha value is -1.26. The van der Waals surface area contributed by atoms with E-state index in [4.69, 9.17) is 0 Å². The highest BCUT2D eigenvalue weighted by Crippen LogP contribution is 2.32. The smallest absolute Gasteiger partial charge is 0.00964 e. The molecule has 0 N–H and O–H groups in total. The van der Waals surface area contributed by atoms with Crippen LogP contribution in [0.15, 0.2) is 36.6 Å². The van der Waals surface area contributed by atoms with Crippen molar-refractivity contribution in [3.8, 4) is 0 Å². The van der Waals surface area contributed by atoms with Gasteiger partial charge in [-0.25, -0.2) is 0 Å². The standard InChI is InChI=1S/C14H16/c1-3-5-12-6-4-7-13-10-11(2)8-9-14(12)13/h5,8-10,12H,1,4,6-7H2,2H3. The fourth-order valence-electron chi connectivity index (χ4n) is 2.30. The van der Waals surface area contributed by atoms with Gasteiger partial charge < -0.3 is 0 Å². The molecule has 0 fully saturated rings. The summed E-state index contributed by atoms with van der Waals surface area (Å²) in [5.74, 6) is 0.553. The van der Waals surface area contributed by atoms with E-state index in [0.717, 1.165) is 0 Å². The van der Waals surface area contributed by atoms with Gasteiger partial charge in [0.15, 0.2) is 0 Å². The van der Waals surface area contributed by atoms with E-state index >= 15 is 0 Å². The number of hydrogen-bond acceptors (Lipinski definition) is 0. The molecular formula is C14H16. The van der Waals surface area contributed by atoms with Crippen LogP contribution in [-0.2, 0) is 6.42 Å².